The standard InChI is InChI=1S/C19H25FN4O/c20-18-6-4-5-16(13-18)7-8-21-19(25)17-14-22-24(15-17)12-11-23-9-2-1-3-10-23/h4-6,13-15H,1-3,7-12H2,(H,21,25). The predicted octanol–water partition coefficient (Wildman–Crippen LogP) is 2.48. The number of amides is 1. The Morgan fingerprint density at radius 3 is 2.84 bits per heavy atom. The maximum atomic E-state index is 13.1. The zero-order valence-corrected chi connectivity index (χ0v) is 14.5. The first-order valence-electron chi connectivity index (χ1n) is 8.98. The van der Waals surface area contributed by atoms with Gasteiger partial charge in [-0.15, -0.1) is 0 Å². The lowest BCUT2D eigenvalue weighted by Crippen LogP contribution is -2.32. The number of nitrogens with zero attached hydrogens (tertiary/aromatic N) is 3. The van der Waals surface area contributed by atoms with Crippen LogP contribution in [0.15, 0.2) is 36.7 Å². The lowest BCUT2D eigenvalue weighted by molar-refractivity contribution is 0.0954. The molecule has 5 nitrogen and oxygen atoms in total. The number of likely N-dealkylation sites (tertiary alicyclic amines) is 1. The fraction of sp³-hybridized carbons (Fsp3) is 0.474. The molecule has 134 valence electrons. The molecule has 0 aliphatic carbocycles. The maximum absolute atomic E-state index is 13.1. The zero-order chi connectivity index (χ0) is 17.5. The highest BCUT2D eigenvalue weighted by molar-refractivity contribution is 5.93. The van der Waals surface area contributed by atoms with Crippen LogP contribution in [-0.4, -0.2) is 46.8 Å². The van der Waals surface area contributed by atoms with Crippen molar-refractivity contribution in [1.82, 2.24) is 20.0 Å². The van der Waals surface area contributed by atoms with Gasteiger partial charge in [-0.2, -0.15) is 5.10 Å². The van der Waals surface area contributed by atoms with E-state index in [9.17, 15) is 9.18 Å². The van der Waals surface area contributed by atoms with Gasteiger partial charge in [-0.3, -0.25) is 9.48 Å². The third kappa shape index (κ3) is 5.39. The Hall–Kier alpha value is -2.21. The van der Waals surface area contributed by atoms with Gasteiger partial charge in [0.2, 0.25) is 0 Å². The van der Waals surface area contributed by atoms with Crippen molar-refractivity contribution in [3.63, 3.8) is 0 Å². The molecule has 25 heavy (non-hydrogen) atoms. The van der Waals surface area contributed by atoms with Crippen LogP contribution < -0.4 is 5.32 Å². The van der Waals surface area contributed by atoms with Crippen molar-refractivity contribution in [2.75, 3.05) is 26.2 Å². The first kappa shape index (κ1) is 17.6. The molecule has 1 amide bonds. The van der Waals surface area contributed by atoms with Crippen LogP contribution in [0.3, 0.4) is 0 Å². The van der Waals surface area contributed by atoms with Crippen molar-refractivity contribution in [1.29, 1.82) is 0 Å². The molecule has 1 N–H and O–H groups in total. The Labute approximate surface area is 147 Å². The number of carbonyl (C=O) groups excluding carboxylic acids is 1. The summed E-state index contributed by atoms with van der Waals surface area (Å²) in [6, 6.07) is 6.44. The molecule has 2 heterocycles. The molecule has 0 atom stereocenters. The van der Waals surface area contributed by atoms with Crippen molar-refractivity contribution in [2.45, 2.75) is 32.2 Å². The summed E-state index contributed by atoms with van der Waals surface area (Å²) in [5.41, 5.74) is 1.44. The molecule has 0 radical (unpaired) electrons. The molecule has 1 aromatic heterocycles. The van der Waals surface area contributed by atoms with E-state index in [1.54, 1.807) is 18.5 Å². The highest BCUT2D eigenvalue weighted by Crippen LogP contribution is 2.08. The average molecular weight is 344 g/mol. The minimum absolute atomic E-state index is 0.138. The molecule has 0 bridgehead atoms. The van der Waals surface area contributed by atoms with E-state index in [2.05, 4.69) is 15.3 Å². The Morgan fingerprint density at radius 1 is 1.20 bits per heavy atom. The highest BCUT2D eigenvalue weighted by atomic mass is 19.1. The summed E-state index contributed by atoms with van der Waals surface area (Å²) < 4.78 is 15.0. The largest absolute Gasteiger partial charge is 0.352 e. The maximum Gasteiger partial charge on any atom is 0.254 e. The van der Waals surface area contributed by atoms with E-state index in [0.717, 1.165) is 31.7 Å². The van der Waals surface area contributed by atoms with Gasteiger partial charge in [-0.1, -0.05) is 18.6 Å². The molecule has 1 saturated heterocycles. The molecule has 1 aliphatic rings. The Kier molecular flexibility index (Phi) is 6.17. The van der Waals surface area contributed by atoms with Crippen molar-refractivity contribution in [2.24, 2.45) is 0 Å². The lowest BCUT2D eigenvalue weighted by Gasteiger charge is -2.26. The number of benzene rings is 1. The third-order valence-corrected chi connectivity index (χ3v) is 4.58. The van der Waals surface area contributed by atoms with Crippen LogP contribution in [0.2, 0.25) is 0 Å². The molecule has 0 spiro atoms. The zero-order valence-electron chi connectivity index (χ0n) is 14.5. The summed E-state index contributed by atoms with van der Waals surface area (Å²) >= 11 is 0. The van der Waals surface area contributed by atoms with Gasteiger partial charge in [-0.25, -0.2) is 4.39 Å². The molecular weight excluding hydrogens is 319 g/mol. The quantitative estimate of drug-likeness (QED) is 0.839. The van der Waals surface area contributed by atoms with Gasteiger partial charge in [0.1, 0.15) is 5.82 Å². The summed E-state index contributed by atoms with van der Waals surface area (Å²) in [4.78, 5) is 14.6. The van der Waals surface area contributed by atoms with Crippen molar-refractivity contribution < 1.29 is 9.18 Å². The molecular formula is C19H25FN4O. The smallest absolute Gasteiger partial charge is 0.254 e. The number of halogens is 1. The van der Waals surface area contributed by atoms with Gasteiger partial charge in [0.05, 0.1) is 18.3 Å². The van der Waals surface area contributed by atoms with E-state index in [1.165, 1.54) is 31.4 Å². The number of rotatable bonds is 7. The second kappa shape index (κ2) is 8.76. The lowest BCUT2D eigenvalue weighted by atomic mass is 10.1. The summed E-state index contributed by atoms with van der Waals surface area (Å²) in [6.07, 6.45) is 7.89. The number of hydrogen-bond acceptors (Lipinski definition) is 3. The second-order valence-electron chi connectivity index (χ2n) is 6.53. The Bertz CT molecular complexity index is 694. The van der Waals surface area contributed by atoms with Crippen LogP contribution in [0.25, 0.3) is 0 Å². The molecule has 3 rings (SSSR count). The Balaban J connectivity index is 1.42. The van der Waals surface area contributed by atoms with Crippen LogP contribution in [-0.2, 0) is 13.0 Å². The van der Waals surface area contributed by atoms with Crippen LogP contribution in [0.5, 0.6) is 0 Å². The summed E-state index contributed by atoms with van der Waals surface area (Å²) in [5.74, 6) is -0.389. The van der Waals surface area contributed by atoms with Crippen LogP contribution in [0, 0.1) is 5.82 Å². The normalized spacial score (nSPS) is 15.2. The third-order valence-electron chi connectivity index (χ3n) is 4.58. The predicted molar refractivity (Wildman–Crippen MR) is 95.0 cm³/mol. The van der Waals surface area contributed by atoms with Crippen LogP contribution in [0.1, 0.15) is 35.2 Å². The van der Waals surface area contributed by atoms with Gasteiger partial charge in [0.15, 0.2) is 0 Å². The molecule has 0 saturated carbocycles. The molecule has 1 aliphatic heterocycles. The monoisotopic (exact) mass is 344 g/mol. The number of nitrogens with one attached hydrogen (secondary N) is 1. The molecule has 1 fully saturated rings. The van der Waals surface area contributed by atoms with Gasteiger partial charge in [0.25, 0.3) is 5.91 Å². The van der Waals surface area contributed by atoms with Crippen LogP contribution in [0.4, 0.5) is 4.39 Å². The summed E-state index contributed by atoms with van der Waals surface area (Å²) in [5, 5.41) is 7.14. The number of hydrogen-bond donors (Lipinski definition) is 1. The van der Waals surface area contributed by atoms with E-state index in [-0.39, 0.29) is 11.7 Å². The SMILES string of the molecule is O=C(NCCc1cccc(F)c1)c1cnn(CCN2CCCCC2)c1. The average Bonchev–Trinajstić information content (AvgIpc) is 3.10. The fourth-order valence-corrected chi connectivity index (χ4v) is 3.14. The summed E-state index contributed by atoms with van der Waals surface area (Å²) in [6.45, 7) is 4.57. The highest BCUT2D eigenvalue weighted by Gasteiger charge is 2.11. The van der Waals surface area contributed by atoms with E-state index in [4.69, 9.17) is 0 Å². The first-order chi connectivity index (χ1) is 12.2. The van der Waals surface area contributed by atoms with E-state index < -0.39 is 0 Å². The first-order valence-corrected chi connectivity index (χ1v) is 8.98. The minimum Gasteiger partial charge on any atom is -0.352 e. The fourth-order valence-electron chi connectivity index (χ4n) is 3.14. The van der Waals surface area contributed by atoms with Gasteiger partial charge >= 0.3 is 0 Å². The van der Waals surface area contributed by atoms with E-state index in [1.807, 2.05) is 10.7 Å². The van der Waals surface area contributed by atoms with Gasteiger partial charge in [0, 0.05) is 19.3 Å². The molecule has 6 heteroatoms. The van der Waals surface area contributed by atoms with Crippen molar-refractivity contribution in [3.8, 4) is 0 Å². The summed E-state index contributed by atoms with van der Waals surface area (Å²) in [7, 11) is 0. The van der Waals surface area contributed by atoms with E-state index >= 15 is 0 Å². The van der Waals surface area contributed by atoms with Gasteiger partial charge in [-0.05, 0) is 50.0 Å². The molecule has 1 aromatic carbocycles. The molecule has 0 unspecified atom stereocenters. The molecule has 2 aromatic rings. The topological polar surface area (TPSA) is 50.2 Å². The number of aromatic nitrogens is 2. The van der Waals surface area contributed by atoms with Crippen molar-refractivity contribution in [3.05, 3.63) is 53.6 Å². The van der Waals surface area contributed by atoms with Crippen molar-refractivity contribution >= 4 is 5.91 Å². The Morgan fingerprint density at radius 2 is 2.04 bits per heavy atom. The minimum atomic E-state index is -0.251. The van der Waals surface area contributed by atoms with E-state index in [0.29, 0.717) is 18.5 Å². The van der Waals surface area contributed by atoms with Gasteiger partial charge < -0.3 is 10.2 Å². The van der Waals surface area contributed by atoms with Crippen LogP contribution >= 0.6 is 0 Å². The number of carbonyl (C=O) groups is 1. The second-order valence-corrected chi connectivity index (χ2v) is 6.53. The number of piperidine rings is 1.